The van der Waals surface area contributed by atoms with Crippen molar-refractivity contribution in [2.24, 2.45) is 0 Å². The lowest BCUT2D eigenvalue weighted by Gasteiger charge is -2.09. The predicted molar refractivity (Wildman–Crippen MR) is 86.1 cm³/mol. The van der Waals surface area contributed by atoms with Crippen LogP contribution in [0.1, 0.15) is 5.56 Å². The Morgan fingerprint density at radius 1 is 1.33 bits per heavy atom. The van der Waals surface area contributed by atoms with Crippen molar-refractivity contribution in [1.82, 2.24) is 0 Å². The van der Waals surface area contributed by atoms with Gasteiger partial charge in [0.15, 0.2) is 0 Å². The predicted octanol–water partition coefficient (Wildman–Crippen LogP) is 4.63. The number of halogens is 2. The molecule has 0 bridgehead atoms. The number of hydrogen-bond donors (Lipinski definition) is 1. The molecule has 0 spiro atoms. The number of ether oxygens (including phenoxy) is 1. The fraction of sp³-hybridized carbons (Fsp3) is 0.143. The van der Waals surface area contributed by atoms with Gasteiger partial charge in [-0.25, -0.2) is 0 Å². The van der Waals surface area contributed by atoms with E-state index in [1.807, 2.05) is 12.1 Å². The molecule has 0 saturated carbocycles. The highest BCUT2D eigenvalue weighted by Crippen LogP contribution is 2.30. The molecule has 1 N–H and O–H groups in total. The molecule has 7 heteroatoms. The van der Waals surface area contributed by atoms with Crippen LogP contribution in [0, 0.1) is 10.1 Å². The van der Waals surface area contributed by atoms with E-state index in [1.54, 1.807) is 18.2 Å². The molecule has 2 aromatic carbocycles. The summed E-state index contributed by atoms with van der Waals surface area (Å²) in [6, 6.07) is 10.2. The van der Waals surface area contributed by atoms with Crippen LogP contribution in [0.15, 0.2) is 40.9 Å². The van der Waals surface area contributed by atoms with Gasteiger partial charge in [-0.2, -0.15) is 0 Å². The highest BCUT2D eigenvalue weighted by atomic mass is 79.9. The smallest absolute Gasteiger partial charge is 0.296 e. The first-order chi connectivity index (χ1) is 10.0. The van der Waals surface area contributed by atoms with E-state index in [4.69, 9.17) is 16.3 Å². The van der Waals surface area contributed by atoms with Crippen molar-refractivity contribution in [3.8, 4) is 5.75 Å². The molecule has 2 rings (SSSR count). The molecule has 0 unspecified atom stereocenters. The summed E-state index contributed by atoms with van der Waals surface area (Å²) in [5, 5.41) is 14.8. The molecule has 2 aromatic rings. The Morgan fingerprint density at radius 2 is 2.10 bits per heavy atom. The third-order valence-electron chi connectivity index (χ3n) is 2.87. The molecule has 110 valence electrons. The van der Waals surface area contributed by atoms with E-state index in [1.165, 1.54) is 13.2 Å². The minimum Gasteiger partial charge on any atom is -0.496 e. The van der Waals surface area contributed by atoms with Gasteiger partial charge in [0.05, 0.1) is 23.1 Å². The van der Waals surface area contributed by atoms with Crippen LogP contribution in [0.2, 0.25) is 5.02 Å². The van der Waals surface area contributed by atoms with E-state index < -0.39 is 4.92 Å². The molecule has 0 fully saturated rings. The van der Waals surface area contributed by atoms with E-state index in [0.29, 0.717) is 23.0 Å². The molecule has 21 heavy (non-hydrogen) atoms. The highest BCUT2D eigenvalue weighted by Gasteiger charge is 2.14. The van der Waals surface area contributed by atoms with Crippen molar-refractivity contribution in [3.05, 3.63) is 61.6 Å². The second-order valence-corrected chi connectivity index (χ2v) is 5.50. The Hall–Kier alpha value is -1.79. The molecular formula is C14H12BrClN2O3. The van der Waals surface area contributed by atoms with Gasteiger partial charge < -0.3 is 10.1 Å². The molecule has 0 radical (unpaired) electrons. The Labute approximate surface area is 135 Å². The van der Waals surface area contributed by atoms with E-state index in [2.05, 4.69) is 21.2 Å². The van der Waals surface area contributed by atoms with Crippen LogP contribution < -0.4 is 10.1 Å². The molecular weight excluding hydrogens is 360 g/mol. The van der Waals surface area contributed by atoms with Crippen molar-refractivity contribution < 1.29 is 9.66 Å². The zero-order valence-electron chi connectivity index (χ0n) is 11.1. The summed E-state index contributed by atoms with van der Waals surface area (Å²) in [5.41, 5.74) is 1.37. The fourth-order valence-corrected chi connectivity index (χ4v) is 2.33. The van der Waals surface area contributed by atoms with Crippen LogP contribution in [0.25, 0.3) is 0 Å². The number of nitro groups is 1. The summed E-state index contributed by atoms with van der Waals surface area (Å²) in [5.74, 6) is 0.446. The molecule has 0 atom stereocenters. The maximum absolute atomic E-state index is 11.1. The summed E-state index contributed by atoms with van der Waals surface area (Å²) < 4.78 is 5.78. The first kappa shape index (κ1) is 15.6. The number of hydrogen-bond acceptors (Lipinski definition) is 4. The molecule has 0 heterocycles. The average molecular weight is 372 g/mol. The van der Waals surface area contributed by atoms with Crippen LogP contribution in [-0.2, 0) is 6.54 Å². The second kappa shape index (κ2) is 6.78. The Balaban J connectivity index is 2.19. The summed E-state index contributed by atoms with van der Waals surface area (Å²) >= 11 is 9.27. The van der Waals surface area contributed by atoms with Crippen molar-refractivity contribution in [1.29, 1.82) is 0 Å². The zero-order chi connectivity index (χ0) is 15.4. The van der Waals surface area contributed by atoms with Gasteiger partial charge in [0, 0.05) is 11.0 Å². The van der Waals surface area contributed by atoms with Crippen LogP contribution in [0.3, 0.4) is 0 Å². The molecule has 0 aliphatic rings. The lowest BCUT2D eigenvalue weighted by atomic mass is 10.2. The quantitative estimate of drug-likeness (QED) is 0.614. The van der Waals surface area contributed by atoms with Gasteiger partial charge >= 0.3 is 0 Å². The number of nitrogens with one attached hydrogen (secondary N) is 1. The molecule has 0 aliphatic heterocycles. The first-order valence-electron chi connectivity index (χ1n) is 6.01. The number of nitro benzene ring substituents is 1. The third kappa shape index (κ3) is 3.86. The van der Waals surface area contributed by atoms with E-state index in [0.717, 1.165) is 10.0 Å². The maximum Gasteiger partial charge on any atom is 0.296 e. The third-order valence-corrected chi connectivity index (χ3v) is 4.08. The summed E-state index contributed by atoms with van der Waals surface area (Å²) in [7, 11) is 1.47. The fourth-order valence-electron chi connectivity index (χ4n) is 1.79. The second-order valence-electron chi connectivity index (χ2n) is 4.24. The molecule has 5 nitrogen and oxygen atoms in total. The standard InChI is InChI=1S/C14H12BrClN2O3/c1-21-10-3-5-13(14(7-10)18(19)20)17-8-9-2-4-12(16)11(15)6-9/h2-7,17H,8H2,1H3. The molecule has 0 aromatic heterocycles. The maximum atomic E-state index is 11.1. The Kier molecular flexibility index (Phi) is 5.03. The average Bonchev–Trinajstić information content (AvgIpc) is 2.48. The number of benzene rings is 2. The van der Waals surface area contributed by atoms with Crippen LogP contribution in [-0.4, -0.2) is 12.0 Å². The zero-order valence-corrected chi connectivity index (χ0v) is 13.4. The van der Waals surface area contributed by atoms with Crippen molar-refractivity contribution in [3.63, 3.8) is 0 Å². The van der Waals surface area contributed by atoms with Crippen LogP contribution in [0.4, 0.5) is 11.4 Å². The monoisotopic (exact) mass is 370 g/mol. The summed E-state index contributed by atoms with van der Waals surface area (Å²) in [6.45, 7) is 0.447. The van der Waals surface area contributed by atoms with E-state index in [-0.39, 0.29) is 5.69 Å². The van der Waals surface area contributed by atoms with Gasteiger partial charge in [-0.3, -0.25) is 10.1 Å². The summed E-state index contributed by atoms with van der Waals surface area (Å²) in [4.78, 5) is 10.6. The normalized spacial score (nSPS) is 10.2. The van der Waals surface area contributed by atoms with Crippen molar-refractivity contribution >= 4 is 38.9 Å². The SMILES string of the molecule is COc1ccc(NCc2ccc(Cl)c(Br)c2)c([N+](=O)[O-])c1. The van der Waals surface area contributed by atoms with Crippen LogP contribution >= 0.6 is 27.5 Å². The van der Waals surface area contributed by atoms with Gasteiger partial charge in [-0.15, -0.1) is 0 Å². The number of anilines is 1. The van der Waals surface area contributed by atoms with Gasteiger partial charge in [-0.1, -0.05) is 17.7 Å². The largest absolute Gasteiger partial charge is 0.496 e. The van der Waals surface area contributed by atoms with Crippen LogP contribution in [0.5, 0.6) is 5.75 Å². The van der Waals surface area contributed by atoms with Gasteiger partial charge in [0.1, 0.15) is 11.4 Å². The highest BCUT2D eigenvalue weighted by molar-refractivity contribution is 9.10. The number of nitrogens with zero attached hydrogens (tertiary/aromatic N) is 1. The molecule has 0 amide bonds. The molecule has 0 saturated heterocycles. The molecule has 0 aliphatic carbocycles. The van der Waals surface area contributed by atoms with E-state index in [9.17, 15) is 10.1 Å². The van der Waals surface area contributed by atoms with Crippen molar-refractivity contribution in [2.75, 3.05) is 12.4 Å². The minimum absolute atomic E-state index is 0.0256. The number of rotatable bonds is 5. The van der Waals surface area contributed by atoms with E-state index >= 15 is 0 Å². The Bertz CT molecular complexity index is 679. The van der Waals surface area contributed by atoms with Gasteiger partial charge in [0.2, 0.25) is 0 Å². The van der Waals surface area contributed by atoms with Crippen molar-refractivity contribution in [2.45, 2.75) is 6.54 Å². The number of methoxy groups -OCH3 is 1. The van der Waals surface area contributed by atoms with Gasteiger partial charge in [-0.05, 0) is 45.8 Å². The minimum atomic E-state index is -0.442. The topological polar surface area (TPSA) is 64.4 Å². The Morgan fingerprint density at radius 3 is 2.71 bits per heavy atom. The van der Waals surface area contributed by atoms with Gasteiger partial charge in [0.25, 0.3) is 5.69 Å². The summed E-state index contributed by atoms with van der Waals surface area (Å²) in [6.07, 6.45) is 0. The first-order valence-corrected chi connectivity index (χ1v) is 7.18. The lowest BCUT2D eigenvalue weighted by molar-refractivity contribution is -0.384. The lowest BCUT2D eigenvalue weighted by Crippen LogP contribution is -2.03.